The lowest BCUT2D eigenvalue weighted by atomic mass is 10.3. The standard InChI is InChI=1S/C10H20NO4.C5H13NO2.HI/c1-8(12)14-7-10(15-9(2)13)6-11(3,4)5;1-6(2)3-5(8)4-7;/h10H,6-7H2,1-5H3;5,7-8H,3-4H2,1-2H3;1H/q+1;;/p-1. The van der Waals surface area contributed by atoms with Crippen molar-refractivity contribution in [2.45, 2.75) is 26.1 Å². The second kappa shape index (κ2) is 14.8. The maximum Gasteiger partial charge on any atom is 0.303 e. The molecule has 24 heavy (non-hydrogen) atoms. The van der Waals surface area contributed by atoms with E-state index in [1.165, 1.54) is 13.8 Å². The zero-order chi connectivity index (χ0) is 18.6. The Kier molecular flexibility index (Phi) is 17.5. The summed E-state index contributed by atoms with van der Waals surface area (Å²) in [5.74, 6) is -0.728. The number of aliphatic hydroxyl groups excluding tert-OH is 2. The summed E-state index contributed by atoms with van der Waals surface area (Å²) >= 11 is 0. The van der Waals surface area contributed by atoms with Crippen molar-refractivity contribution in [3.8, 4) is 0 Å². The zero-order valence-corrected chi connectivity index (χ0v) is 17.9. The van der Waals surface area contributed by atoms with E-state index in [1.807, 2.05) is 40.1 Å². The summed E-state index contributed by atoms with van der Waals surface area (Å²) in [7, 11) is 9.62. The second-order valence-electron chi connectivity index (χ2n) is 6.61. The summed E-state index contributed by atoms with van der Waals surface area (Å²) < 4.78 is 10.5. The molecule has 0 aliphatic rings. The van der Waals surface area contributed by atoms with E-state index in [0.717, 1.165) is 0 Å². The Hall–Kier alpha value is -0.490. The quantitative estimate of drug-likeness (QED) is 0.215. The summed E-state index contributed by atoms with van der Waals surface area (Å²) in [5, 5.41) is 17.0. The van der Waals surface area contributed by atoms with Gasteiger partial charge in [0, 0.05) is 20.4 Å². The van der Waals surface area contributed by atoms with Crippen LogP contribution in [0, 0.1) is 0 Å². The molecule has 0 fully saturated rings. The number of carbonyl (C=O) groups excluding carboxylic acids is 2. The lowest BCUT2D eigenvalue weighted by Crippen LogP contribution is -3.00. The Labute approximate surface area is 162 Å². The van der Waals surface area contributed by atoms with Crippen molar-refractivity contribution in [2.75, 3.05) is 61.5 Å². The first kappa shape index (κ1) is 28.3. The molecular weight excluding hydrogens is 431 g/mol. The first-order chi connectivity index (χ1) is 10.4. The van der Waals surface area contributed by atoms with E-state index in [4.69, 9.17) is 19.7 Å². The van der Waals surface area contributed by atoms with Gasteiger partial charge in [0.25, 0.3) is 0 Å². The van der Waals surface area contributed by atoms with Crippen LogP contribution in [0.2, 0.25) is 0 Å². The number of nitrogens with zero attached hydrogens (tertiary/aromatic N) is 2. The molecule has 2 atom stereocenters. The van der Waals surface area contributed by atoms with Crippen molar-refractivity contribution < 1.29 is 57.7 Å². The topological polar surface area (TPSA) is 96.3 Å². The van der Waals surface area contributed by atoms with Crippen LogP contribution in [-0.4, -0.2) is 105 Å². The average molecular weight is 464 g/mol. The number of halogens is 1. The van der Waals surface area contributed by atoms with E-state index in [-0.39, 0.29) is 55.2 Å². The van der Waals surface area contributed by atoms with Gasteiger partial charge in [0.2, 0.25) is 0 Å². The van der Waals surface area contributed by atoms with Gasteiger partial charge in [-0.1, -0.05) is 0 Å². The van der Waals surface area contributed by atoms with Gasteiger partial charge in [-0.15, -0.1) is 0 Å². The fourth-order valence-corrected chi connectivity index (χ4v) is 1.66. The molecule has 0 saturated heterocycles. The van der Waals surface area contributed by atoms with Gasteiger partial charge in [-0.25, -0.2) is 0 Å². The van der Waals surface area contributed by atoms with Crippen LogP contribution >= 0.6 is 0 Å². The fourth-order valence-electron chi connectivity index (χ4n) is 1.66. The van der Waals surface area contributed by atoms with Crippen LogP contribution in [0.25, 0.3) is 0 Å². The molecule has 0 saturated carbocycles. The number of aliphatic hydroxyl groups is 2. The molecule has 0 aliphatic carbocycles. The third-order valence-electron chi connectivity index (χ3n) is 2.34. The van der Waals surface area contributed by atoms with Crippen LogP contribution < -0.4 is 24.0 Å². The number of rotatable bonds is 8. The van der Waals surface area contributed by atoms with Crippen molar-refractivity contribution in [1.29, 1.82) is 0 Å². The van der Waals surface area contributed by atoms with Crippen molar-refractivity contribution in [2.24, 2.45) is 0 Å². The predicted octanol–water partition coefficient (Wildman–Crippen LogP) is -3.91. The Bertz CT molecular complexity index is 347. The Balaban J connectivity index is -0.000000419. The van der Waals surface area contributed by atoms with Crippen molar-refractivity contribution in [3.05, 3.63) is 0 Å². The number of likely N-dealkylation sites (N-methyl/N-ethyl adjacent to an activating group) is 2. The number of quaternary nitrogens is 1. The van der Waals surface area contributed by atoms with Crippen LogP contribution in [0.3, 0.4) is 0 Å². The number of ether oxygens (including phenoxy) is 2. The van der Waals surface area contributed by atoms with Crippen LogP contribution in [0.1, 0.15) is 13.8 Å². The van der Waals surface area contributed by atoms with E-state index in [9.17, 15) is 9.59 Å². The highest BCUT2D eigenvalue weighted by Gasteiger charge is 2.21. The smallest absolute Gasteiger partial charge is 0.303 e. The molecule has 146 valence electrons. The minimum Gasteiger partial charge on any atom is -1.00 e. The Morgan fingerprint density at radius 2 is 1.62 bits per heavy atom. The minimum atomic E-state index is -0.593. The molecule has 9 heteroatoms. The van der Waals surface area contributed by atoms with Gasteiger partial charge in [-0.2, -0.15) is 0 Å². The molecule has 0 radical (unpaired) electrons. The van der Waals surface area contributed by atoms with Gasteiger partial charge in [-0.05, 0) is 14.1 Å². The van der Waals surface area contributed by atoms with Crippen LogP contribution in [0.5, 0.6) is 0 Å². The van der Waals surface area contributed by atoms with Gasteiger partial charge in [0.15, 0.2) is 6.10 Å². The van der Waals surface area contributed by atoms with Gasteiger partial charge < -0.3 is 53.0 Å². The van der Waals surface area contributed by atoms with Crippen molar-refractivity contribution in [3.63, 3.8) is 0 Å². The molecular formula is C15H33IN2O6. The van der Waals surface area contributed by atoms with Gasteiger partial charge in [-0.3, -0.25) is 9.59 Å². The summed E-state index contributed by atoms with van der Waals surface area (Å²) in [6.45, 7) is 3.76. The molecule has 0 rings (SSSR count). The number of hydrogen-bond acceptors (Lipinski definition) is 7. The third kappa shape index (κ3) is 23.8. The molecule has 0 heterocycles. The molecule has 8 nitrogen and oxygen atoms in total. The Morgan fingerprint density at radius 1 is 1.12 bits per heavy atom. The molecule has 0 aromatic carbocycles. The molecule has 0 aromatic heterocycles. The van der Waals surface area contributed by atoms with E-state index >= 15 is 0 Å². The van der Waals surface area contributed by atoms with Crippen LogP contribution in [0.4, 0.5) is 0 Å². The van der Waals surface area contributed by atoms with Gasteiger partial charge in [0.1, 0.15) is 13.2 Å². The van der Waals surface area contributed by atoms with E-state index < -0.39 is 6.10 Å². The minimum absolute atomic E-state index is 0. The van der Waals surface area contributed by atoms with Crippen molar-refractivity contribution >= 4 is 11.9 Å². The molecule has 0 bridgehead atoms. The lowest BCUT2D eigenvalue weighted by molar-refractivity contribution is -0.873. The number of carbonyl (C=O) groups is 2. The van der Waals surface area contributed by atoms with E-state index in [0.29, 0.717) is 17.6 Å². The number of hydrogen-bond donors (Lipinski definition) is 2. The first-order valence-corrected chi connectivity index (χ1v) is 7.42. The van der Waals surface area contributed by atoms with Crippen LogP contribution in [0.15, 0.2) is 0 Å². The first-order valence-electron chi connectivity index (χ1n) is 7.42. The zero-order valence-electron chi connectivity index (χ0n) is 15.8. The SMILES string of the molecule is CC(=O)OCC(C[N+](C)(C)C)OC(C)=O.CN(C)CC(O)CO.[I-]. The van der Waals surface area contributed by atoms with E-state index in [2.05, 4.69) is 0 Å². The molecule has 2 unspecified atom stereocenters. The Morgan fingerprint density at radius 3 is 1.88 bits per heavy atom. The summed E-state index contributed by atoms with van der Waals surface area (Å²) in [5.41, 5.74) is 0. The molecule has 0 amide bonds. The van der Waals surface area contributed by atoms with Crippen molar-refractivity contribution in [1.82, 2.24) is 4.90 Å². The largest absolute Gasteiger partial charge is 1.00 e. The maximum absolute atomic E-state index is 10.8. The highest BCUT2D eigenvalue weighted by Crippen LogP contribution is 2.01. The fraction of sp³-hybridized carbons (Fsp3) is 0.867. The van der Waals surface area contributed by atoms with Gasteiger partial charge >= 0.3 is 11.9 Å². The van der Waals surface area contributed by atoms with E-state index in [1.54, 1.807) is 0 Å². The molecule has 2 N–H and O–H groups in total. The third-order valence-corrected chi connectivity index (χ3v) is 2.34. The lowest BCUT2D eigenvalue weighted by Gasteiger charge is -2.28. The van der Waals surface area contributed by atoms with Crippen LogP contribution in [-0.2, 0) is 19.1 Å². The van der Waals surface area contributed by atoms with Gasteiger partial charge in [0.05, 0.1) is 33.9 Å². The number of esters is 2. The highest BCUT2D eigenvalue weighted by atomic mass is 127. The predicted molar refractivity (Wildman–Crippen MR) is 86.7 cm³/mol. The monoisotopic (exact) mass is 464 g/mol. The highest BCUT2D eigenvalue weighted by molar-refractivity contribution is 5.67. The maximum atomic E-state index is 10.8. The molecule has 0 aromatic rings. The average Bonchev–Trinajstić information content (AvgIpc) is 2.33. The second-order valence-corrected chi connectivity index (χ2v) is 6.61. The molecule has 0 aliphatic heterocycles. The summed E-state index contributed by atoms with van der Waals surface area (Å²) in [4.78, 5) is 23.3. The summed E-state index contributed by atoms with van der Waals surface area (Å²) in [6, 6.07) is 0. The summed E-state index contributed by atoms with van der Waals surface area (Å²) in [6.07, 6.45) is -0.976. The normalized spacial score (nSPS) is 13.1. The molecule has 0 spiro atoms.